The number of carbonyl (C=O) groups excluding carboxylic acids is 1. The average molecular weight is 340 g/mol. The lowest BCUT2D eigenvalue weighted by Crippen LogP contribution is -2.26. The Morgan fingerprint density at radius 2 is 2.08 bits per heavy atom. The highest BCUT2D eigenvalue weighted by Crippen LogP contribution is 2.29. The lowest BCUT2D eigenvalue weighted by atomic mass is 10.1. The molecule has 0 unspecified atom stereocenters. The average Bonchev–Trinajstić information content (AvgIpc) is 2.85. The number of hydrogen-bond donors (Lipinski definition) is 1. The Labute approximate surface area is 135 Å². The predicted molar refractivity (Wildman–Crippen MR) is 79.4 cm³/mol. The van der Waals surface area contributed by atoms with E-state index < -0.39 is 30.7 Å². The number of carbonyl (C=O) groups is 1. The number of ether oxygens (including phenoxy) is 1. The zero-order valence-corrected chi connectivity index (χ0v) is 13.0. The first-order chi connectivity index (χ1) is 11.0. The van der Waals surface area contributed by atoms with Gasteiger partial charge in [0, 0.05) is 11.5 Å². The maximum atomic E-state index is 12.2. The molecule has 1 aromatic heterocycles. The van der Waals surface area contributed by atoms with Gasteiger partial charge in [-0.2, -0.15) is 23.5 Å². The summed E-state index contributed by atoms with van der Waals surface area (Å²) < 4.78 is 43.0. The van der Waals surface area contributed by atoms with Gasteiger partial charge in [0.15, 0.2) is 5.69 Å². The molecule has 0 radical (unpaired) electrons. The van der Waals surface area contributed by atoms with Gasteiger partial charge in [0.05, 0.1) is 24.6 Å². The fourth-order valence-corrected chi connectivity index (χ4v) is 2.12. The van der Waals surface area contributed by atoms with Gasteiger partial charge in [-0.15, -0.1) is 0 Å². The number of nitrogens with two attached hydrogens (primary N) is 1. The van der Waals surface area contributed by atoms with E-state index >= 15 is 0 Å². The van der Waals surface area contributed by atoms with Gasteiger partial charge in [0.2, 0.25) is 0 Å². The summed E-state index contributed by atoms with van der Waals surface area (Å²) in [6.07, 6.45) is -5.39. The van der Waals surface area contributed by atoms with Crippen LogP contribution >= 0.6 is 0 Å². The molecular formula is C15H15F3N4O2. The number of nitrogens with zero attached hydrogens (tertiary/aromatic N) is 3. The molecule has 0 spiro atoms. The Morgan fingerprint density at radius 1 is 1.42 bits per heavy atom. The minimum atomic E-state index is -4.31. The van der Waals surface area contributed by atoms with Crippen molar-refractivity contribution in [3.05, 3.63) is 23.9 Å². The van der Waals surface area contributed by atoms with Crippen LogP contribution in [-0.2, 0) is 5.54 Å². The summed E-state index contributed by atoms with van der Waals surface area (Å²) in [4.78, 5) is 11.5. The molecule has 2 aromatic rings. The Balaban J connectivity index is 2.45. The van der Waals surface area contributed by atoms with Crippen LogP contribution in [0.4, 0.5) is 13.2 Å². The van der Waals surface area contributed by atoms with Gasteiger partial charge in [-0.05, 0) is 26.0 Å². The zero-order chi connectivity index (χ0) is 18.1. The molecule has 0 aliphatic rings. The number of nitriles is 1. The topological polar surface area (TPSA) is 93.9 Å². The van der Waals surface area contributed by atoms with Crippen LogP contribution in [0.1, 0.15) is 30.8 Å². The number of rotatable bonds is 5. The zero-order valence-electron chi connectivity index (χ0n) is 13.0. The van der Waals surface area contributed by atoms with Crippen LogP contribution in [0.3, 0.4) is 0 Å². The Hall–Kier alpha value is -2.76. The van der Waals surface area contributed by atoms with Crippen molar-refractivity contribution in [3.63, 3.8) is 0 Å². The van der Waals surface area contributed by atoms with Crippen LogP contribution in [0.25, 0.3) is 10.9 Å². The van der Waals surface area contributed by atoms with Crippen LogP contribution in [0, 0.1) is 11.3 Å². The van der Waals surface area contributed by atoms with Gasteiger partial charge in [0.25, 0.3) is 5.91 Å². The summed E-state index contributed by atoms with van der Waals surface area (Å²) in [5.74, 6) is -0.587. The third-order valence-electron chi connectivity index (χ3n) is 3.34. The second-order valence-electron chi connectivity index (χ2n) is 5.69. The monoisotopic (exact) mass is 340 g/mol. The number of primary amides is 1. The standard InChI is InChI=1S/C15H15F3N4O2/c1-14(2,8-19)22-11-7-9(24-6-5-15(16,17)18)3-4-10(11)12(21-22)13(20)23/h3-4,7H,5-6H2,1-2H3,(H2,20,23). The van der Waals surface area contributed by atoms with Crippen molar-refractivity contribution < 1.29 is 22.7 Å². The molecule has 1 aromatic carbocycles. The van der Waals surface area contributed by atoms with E-state index in [0.717, 1.165) is 0 Å². The van der Waals surface area contributed by atoms with E-state index in [4.69, 9.17) is 10.5 Å². The molecule has 1 amide bonds. The molecular weight excluding hydrogens is 325 g/mol. The largest absolute Gasteiger partial charge is 0.493 e. The smallest absolute Gasteiger partial charge is 0.392 e. The van der Waals surface area contributed by atoms with Crippen LogP contribution < -0.4 is 10.5 Å². The van der Waals surface area contributed by atoms with E-state index in [1.54, 1.807) is 13.8 Å². The molecule has 9 heteroatoms. The molecule has 6 nitrogen and oxygen atoms in total. The second-order valence-corrected chi connectivity index (χ2v) is 5.69. The van der Waals surface area contributed by atoms with E-state index in [1.165, 1.54) is 22.9 Å². The summed E-state index contributed by atoms with van der Waals surface area (Å²) >= 11 is 0. The Bertz CT molecular complexity index is 818. The molecule has 0 atom stereocenters. The summed E-state index contributed by atoms with van der Waals surface area (Å²) in [7, 11) is 0. The number of benzene rings is 1. The molecule has 2 rings (SSSR count). The summed E-state index contributed by atoms with van der Waals surface area (Å²) in [5.41, 5.74) is 4.56. The number of aromatic nitrogens is 2. The quantitative estimate of drug-likeness (QED) is 0.905. The summed E-state index contributed by atoms with van der Waals surface area (Å²) in [5, 5.41) is 13.7. The first kappa shape index (κ1) is 17.6. The van der Waals surface area contributed by atoms with Gasteiger partial charge >= 0.3 is 6.18 Å². The van der Waals surface area contributed by atoms with Gasteiger partial charge in [0.1, 0.15) is 11.3 Å². The molecule has 0 aliphatic carbocycles. The third kappa shape index (κ3) is 3.59. The number of halogens is 3. The maximum absolute atomic E-state index is 12.2. The van der Waals surface area contributed by atoms with Gasteiger partial charge < -0.3 is 10.5 Å². The van der Waals surface area contributed by atoms with E-state index in [-0.39, 0.29) is 11.4 Å². The van der Waals surface area contributed by atoms with Gasteiger partial charge in [-0.1, -0.05) is 0 Å². The van der Waals surface area contributed by atoms with Crippen molar-refractivity contribution in [2.24, 2.45) is 5.73 Å². The number of fused-ring (bicyclic) bond motifs is 1. The molecule has 128 valence electrons. The van der Waals surface area contributed by atoms with Crippen LogP contribution in [0.2, 0.25) is 0 Å². The summed E-state index contributed by atoms with van der Waals surface area (Å²) in [6.45, 7) is 2.64. The SMILES string of the molecule is CC(C)(C#N)n1nc(C(N)=O)c2ccc(OCCC(F)(F)F)cc21. The van der Waals surface area contributed by atoms with Crippen LogP contribution in [0.15, 0.2) is 18.2 Å². The van der Waals surface area contributed by atoms with Crippen molar-refractivity contribution in [1.29, 1.82) is 5.26 Å². The first-order valence-corrected chi connectivity index (χ1v) is 6.99. The normalized spacial score (nSPS) is 12.2. The third-order valence-corrected chi connectivity index (χ3v) is 3.34. The Kier molecular flexibility index (Phi) is 4.42. The molecule has 1 heterocycles. The van der Waals surface area contributed by atoms with Crippen molar-refractivity contribution in [3.8, 4) is 11.8 Å². The maximum Gasteiger partial charge on any atom is 0.392 e. The van der Waals surface area contributed by atoms with Crippen LogP contribution in [-0.4, -0.2) is 28.5 Å². The molecule has 0 saturated carbocycles. The van der Waals surface area contributed by atoms with Crippen molar-refractivity contribution in [2.75, 3.05) is 6.61 Å². The second kappa shape index (κ2) is 6.03. The molecule has 0 bridgehead atoms. The van der Waals surface area contributed by atoms with Gasteiger partial charge in [-0.25, -0.2) is 4.68 Å². The first-order valence-electron chi connectivity index (χ1n) is 6.99. The minimum Gasteiger partial charge on any atom is -0.493 e. The minimum absolute atomic E-state index is 0.0184. The van der Waals surface area contributed by atoms with E-state index in [0.29, 0.717) is 10.9 Å². The number of alkyl halides is 3. The molecule has 24 heavy (non-hydrogen) atoms. The highest BCUT2D eigenvalue weighted by molar-refractivity contribution is 6.04. The number of amides is 1. The molecule has 0 fully saturated rings. The molecule has 0 aliphatic heterocycles. The van der Waals surface area contributed by atoms with E-state index in [9.17, 15) is 23.2 Å². The molecule has 0 saturated heterocycles. The van der Waals surface area contributed by atoms with Crippen molar-refractivity contribution >= 4 is 16.8 Å². The highest BCUT2D eigenvalue weighted by Gasteiger charge is 2.28. The van der Waals surface area contributed by atoms with Crippen molar-refractivity contribution in [2.45, 2.75) is 32.0 Å². The fraction of sp³-hybridized carbons (Fsp3) is 0.400. The lowest BCUT2D eigenvalue weighted by molar-refractivity contribution is -0.139. The summed E-state index contributed by atoms with van der Waals surface area (Å²) in [6, 6.07) is 6.39. The Morgan fingerprint density at radius 3 is 2.62 bits per heavy atom. The number of hydrogen-bond acceptors (Lipinski definition) is 4. The van der Waals surface area contributed by atoms with E-state index in [1.807, 2.05) is 6.07 Å². The highest BCUT2D eigenvalue weighted by atomic mass is 19.4. The van der Waals surface area contributed by atoms with Crippen LogP contribution in [0.5, 0.6) is 5.75 Å². The lowest BCUT2D eigenvalue weighted by Gasteiger charge is -2.17. The van der Waals surface area contributed by atoms with E-state index in [2.05, 4.69) is 5.10 Å². The molecule has 2 N–H and O–H groups in total. The van der Waals surface area contributed by atoms with Crippen molar-refractivity contribution in [1.82, 2.24) is 9.78 Å². The van der Waals surface area contributed by atoms with Gasteiger partial charge in [-0.3, -0.25) is 4.79 Å². The fourth-order valence-electron chi connectivity index (χ4n) is 2.12. The predicted octanol–water partition coefficient (Wildman–Crippen LogP) is 2.73.